The molecule has 0 spiro atoms. The van der Waals surface area contributed by atoms with Crippen LogP contribution >= 0.6 is 0 Å². The van der Waals surface area contributed by atoms with Crippen LogP contribution < -0.4 is 10.6 Å². The number of ether oxygens (including phenoxy) is 1. The zero-order valence-corrected chi connectivity index (χ0v) is 19.4. The smallest absolute Gasteiger partial charge is 0.337 e. The first-order valence-corrected chi connectivity index (χ1v) is 11.2. The molecule has 3 aromatic carbocycles. The standard InChI is InChI=1S/C27H27N3O4/c1-4-16-30-17(2)23(26(32)34-3)24(29-27(30)33)19-12-14-20(15-13-19)28-25(31)22-11-7-9-18-8-5-6-10-21(18)22/h5-15,24H,4,16H2,1-3H3,(H,28,31)(H,29,33). The van der Waals surface area contributed by atoms with Crippen LogP contribution in [0.5, 0.6) is 0 Å². The molecule has 1 aliphatic rings. The molecule has 0 aliphatic carbocycles. The zero-order valence-electron chi connectivity index (χ0n) is 19.4. The Labute approximate surface area is 198 Å². The van der Waals surface area contributed by atoms with Crippen LogP contribution in [0.4, 0.5) is 10.5 Å². The van der Waals surface area contributed by atoms with Gasteiger partial charge in [-0.05, 0) is 47.9 Å². The molecule has 3 amide bonds. The van der Waals surface area contributed by atoms with Gasteiger partial charge in [0.1, 0.15) is 0 Å². The van der Waals surface area contributed by atoms with Crippen molar-refractivity contribution < 1.29 is 19.1 Å². The van der Waals surface area contributed by atoms with E-state index in [2.05, 4.69) is 10.6 Å². The van der Waals surface area contributed by atoms with Gasteiger partial charge in [-0.2, -0.15) is 0 Å². The van der Waals surface area contributed by atoms with Crippen LogP contribution in [0.2, 0.25) is 0 Å². The van der Waals surface area contributed by atoms with Crippen LogP contribution in [0, 0.1) is 0 Å². The number of fused-ring (bicyclic) bond motifs is 1. The zero-order chi connectivity index (χ0) is 24.2. The molecule has 0 fully saturated rings. The summed E-state index contributed by atoms with van der Waals surface area (Å²) < 4.78 is 5.00. The van der Waals surface area contributed by atoms with E-state index in [9.17, 15) is 14.4 Å². The highest BCUT2D eigenvalue weighted by Gasteiger charge is 2.35. The molecule has 34 heavy (non-hydrogen) atoms. The fraction of sp³-hybridized carbons (Fsp3) is 0.222. The molecular formula is C27H27N3O4. The van der Waals surface area contributed by atoms with Crippen molar-refractivity contribution in [1.82, 2.24) is 10.2 Å². The average molecular weight is 458 g/mol. The Hall–Kier alpha value is -4.13. The molecular weight excluding hydrogens is 430 g/mol. The Morgan fingerprint density at radius 2 is 1.74 bits per heavy atom. The van der Waals surface area contributed by atoms with Gasteiger partial charge in [0.15, 0.2) is 0 Å². The quantitative estimate of drug-likeness (QED) is 0.509. The first kappa shape index (κ1) is 23.0. The number of hydrogen-bond donors (Lipinski definition) is 2. The lowest BCUT2D eigenvalue weighted by atomic mass is 9.94. The number of allylic oxidation sites excluding steroid dienone is 1. The summed E-state index contributed by atoms with van der Waals surface area (Å²) in [4.78, 5) is 39.8. The number of amides is 3. The summed E-state index contributed by atoms with van der Waals surface area (Å²) in [5.41, 5.74) is 2.88. The lowest BCUT2D eigenvalue weighted by molar-refractivity contribution is -0.136. The van der Waals surface area contributed by atoms with Gasteiger partial charge < -0.3 is 15.4 Å². The highest BCUT2D eigenvalue weighted by atomic mass is 16.5. The molecule has 1 atom stereocenters. The molecule has 0 aromatic heterocycles. The molecule has 7 heteroatoms. The fourth-order valence-corrected chi connectivity index (χ4v) is 4.28. The maximum atomic E-state index is 12.9. The summed E-state index contributed by atoms with van der Waals surface area (Å²) in [6.07, 6.45) is 0.759. The number of methoxy groups -OCH3 is 1. The monoisotopic (exact) mass is 457 g/mol. The van der Waals surface area contributed by atoms with Crippen molar-refractivity contribution >= 4 is 34.4 Å². The summed E-state index contributed by atoms with van der Waals surface area (Å²) in [5.74, 6) is -0.700. The van der Waals surface area contributed by atoms with E-state index in [0.29, 0.717) is 34.6 Å². The van der Waals surface area contributed by atoms with Crippen LogP contribution in [0.25, 0.3) is 10.8 Å². The summed E-state index contributed by atoms with van der Waals surface area (Å²) in [7, 11) is 1.33. The van der Waals surface area contributed by atoms with Crippen LogP contribution in [0.1, 0.15) is 42.2 Å². The topological polar surface area (TPSA) is 87.7 Å². The largest absolute Gasteiger partial charge is 0.466 e. The van der Waals surface area contributed by atoms with Gasteiger partial charge in [-0.1, -0.05) is 55.5 Å². The molecule has 2 N–H and O–H groups in total. The number of esters is 1. The molecule has 4 rings (SSSR count). The predicted octanol–water partition coefficient (Wildman–Crippen LogP) is 5.02. The Bertz CT molecular complexity index is 1280. The number of carbonyl (C=O) groups excluding carboxylic acids is 3. The lowest BCUT2D eigenvalue weighted by Gasteiger charge is -2.35. The van der Waals surface area contributed by atoms with E-state index >= 15 is 0 Å². The molecule has 1 heterocycles. The number of carbonyl (C=O) groups is 3. The van der Waals surface area contributed by atoms with Crippen molar-refractivity contribution in [3.05, 3.63) is 89.1 Å². The van der Waals surface area contributed by atoms with Gasteiger partial charge in [-0.3, -0.25) is 9.69 Å². The minimum Gasteiger partial charge on any atom is -0.466 e. The molecule has 3 aromatic rings. The van der Waals surface area contributed by atoms with E-state index in [4.69, 9.17) is 4.74 Å². The second-order valence-electron chi connectivity index (χ2n) is 8.13. The summed E-state index contributed by atoms with van der Waals surface area (Å²) in [6, 6.07) is 19.5. The van der Waals surface area contributed by atoms with Crippen molar-refractivity contribution in [2.24, 2.45) is 0 Å². The van der Waals surface area contributed by atoms with E-state index in [1.54, 1.807) is 42.2 Å². The Balaban J connectivity index is 1.59. The number of urea groups is 1. The molecule has 0 saturated heterocycles. The number of nitrogens with zero attached hydrogens (tertiary/aromatic N) is 1. The highest BCUT2D eigenvalue weighted by molar-refractivity contribution is 6.12. The molecule has 1 unspecified atom stereocenters. The van der Waals surface area contributed by atoms with Crippen LogP contribution in [-0.4, -0.2) is 36.5 Å². The second kappa shape index (κ2) is 9.79. The van der Waals surface area contributed by atoms with E-state index in [1.165, 1.54) is 7.11 Å². The Morgan fingerprint density at radius 1 is 1.03 bits per heavy atom. The Kier molecular flexibility index (Phi) is 6.63. The van der Waals surface area contributed by atoms with Crippen molar-refractivity contribution in [3.63, 3.8) is 0 Å². The number of benzene rings is 3. The number of anilines is 1. The van der Waals surface area contributed by atoms with Crippen molar-refractivity contribution in [2.45, 2.75) is 26.3 Å². The third kappa shape index (κ3) is 4.37. The maximum Gasteiger partial charge on any atom is 0.337 e. The third-order valence-corrected chi connectivity index (χ3v) is 5.98. The van der Waals surface area contributed by atoms with Gasteiger partial charge >= 0.3 is 12.0 Å². The van der Waals surface area contributed by atoms with Gasteiger partial charge in [0.25, 0.3) is 5.91 Å². The average Bonchev–Trinajstić information content (AvgIpc) is 2.86. The van der Waals surface area contributed by atoms with E-state index in [0.717, 1.165) is 17.2 Å². The van der Waals surface area contributed by atoms with Crippen molar-refractivity contribution in [3.8, 4) is 0 Å². The van der Waals surface area contributed by atoms with Gasteiger partial charge in [-0.25, -0.2) is 9.59 Å². The molecule has 174 valence electrons. The first-order valence-electron chi connectivity index (χ1n) is 11.2. The fourth-order valence-electron chi connectivity index (χ4n) is 4.28. The van der Waals surface area contributed by atoms with Crippen molar-refractivity contribution in [1.29, 1.82) is 0 Å². The van der Waals surface area contributed by atoms with Gasteiger partial charge in [0, 0.05) is 23.5 Å². The molecule has 0 radical (unpaired) electrons. The minimum absolute atomic E-state index is 0.211. The van der Waals surface area contributed by atoms with Gasteiger partial charge in [0.2, 0.25) is 0 Å². The SMILES string of the molecule is CCCN1C(=O)NC(c2ccc(NC(=O)c3cccc4ccccc34)cc2)C(C(=O)OC)=C1C. The summed E-state index contributed by atoms with van der Waals surface area (Å²) in [6.45, 7) is 4.23. The predicted molar refractivity (Wildman–Crippen MR) is 131 cm³/mol. The van der Waals surface area contributed by atoms with Crippen molar-refractivity contribution in [2.75, 3.05) is 19.0 Å². The van der Waals surface area contributed by atoms with Gasteiger partial charge in [-0.15, -0.1) is 0 Å². The number of nitrogens with one attached hydrogen (secondary N) is 2. The first-order chi connectivity index (χ1) is 16.4. The molecule has 1 aliphatic heterocycles. The lowest BCUT2D eigenvalue weighted by Crippen LogP contribution is -2.48. The number of rotatable bonds is 6. The third-order valence-electron chi connectivity index (χ3n) is 5.98. The van der Waals surface area contributed by atoms with E-state index in [-0.39, 0.29) is 11.9 Å². The van der Waals surface area contributed by atoms with Crippen LogP contribution in [0.3, 0.4) is 0 Å². The number of hydrogen-bond acceptors (Lipinski definition) is 4. The van der Waals surface area contributed by atoms with Gasteiger partial charge in [0.05, 0.1) is 18.7 Å². The molecule has 7 nitrogen and oxygen atoms in total. The van der Waals surface area contributed by atoms with Crippen LogP contribution in [0.15, 0.2) is 78.0 Å². The Morgan fingerprint density at radius 3 is 2.44 bits per heavy atom. The molecule has 0 bridgehead atoms. The molecule has 0 saturated carbocycles. The summed E-state index contributed by atoms with van der Waals surface area (Å²) in [5, 5.41) is 7.71. The minimum atomic E-state index is -0.643. The van der Waals surface area contributed by atoms with Crippen LogP contribution in [-0.2, 0) is 9.53 Å². The van der Waals surface area contributed by atoms with E-state index in [1.807, 2.05) is 43.3 Å². The normalized spacial score (nSPS) is 15.8. The van der Waals surface area contributed by atoms with E-state index < -0.39 is 12.0 Å². The second-order valence-corrected chi connectivity index (χ2v) is 8.13. The maximum absolute atomic E-state index is 12.9. The highest BCUT2D eigenvalue weighted by Crippen LogP contribution is 2.32. The summed E-state index contributed by atoms with van der Waals surface area (Å²) >= 11 is 0.